The molecule has 0 aromatic heterocycles. The second-order valence-corrected chi connectivity index (χ2v) is 8.01. The molecule has 3 aromatic rings. The molecule has 2 heterocycles. The molecule has 0 unspecified atom stereocenters. The van der Waals surface area contributed by atoms with Crippen molar-refractivity contribution in [1.82, 2.24) is 4.90 Å². The highest BCUT2D eigenvalue weighted by Gasteiger charge is 2.49. The van der Waals surface area contributed by atoms with Gasteiger partial charge in [0, 0.05) is 30.3 Å². The van der Waals surface area contributed by atoms with E-state index < -0.39 is 11.6 Å². The van der Waals surface area contributed by atoms with E-state index in [0.29, 0.717) is 32.1 Å². The Balaban J connectivity index is 1.47. The Bertz CT molecular complexity index is 1210. The molecule has 0 saturated carbocycles. The maximum atomic E-state index is 15.1. The highest BCUT2D eigenvalue weighted by atomic mass is 19.1. The van der Waals surface area contributed by atoms with E-state index in [1.807, 2.05) is 60.7 Å². The molecule has 3 aromatic carbocycles. The summed E-state index contributed by atoms with van der Waals surface area (Å²) in [7, 11) is 0. The summed E-state index contributed by atoms with van der Waals surface area (Å²) in [6, 6.07) is 18.3. The van der Waals surface area contributed by atoms with E-state index in [9.17, 15) is 4.79 Å². The third-order valence-electron chi connectivity index (χ3n) is 6.14. The van der Waals surface area contributed by atoms with Gasteiger partial charge in [0.1, 0.15) is 5.82 Å². The van der Waals surface area contributed by atoms with E-state index in [4.69, 9.17) is 14.2 Å². The lowest BCUT2D eigenvalue weighted by atomic mass is 9.93. The number of ether oxygens (including phenoxy) is 3. The maximum Gasteiger partial charge on any atom is 0.306 e. The van der Waals surface area contributed by atoms with Crippen LogP contribution in [0.15, 0.2) is 60.7 Å². The van der Waals surface area contributed by atoms with Gasteiger partial charge in [-0.15, -0.1) is 0 Å². The fourth-order valence-electron chi connectivity index (χ4n) is 4.55. The van der Waals surface area contributed by atoms with Crippen LogP contribution in [0.3, 0.4) is 0 Å². The minimum atomic E-state index is -1.27. The van der Waals surface area contributed by atoms with Crippen molar-refractivity contribution in [3.8, 4) is 11.5 Å². The summed E-state index contributed by atoms with van der Waals surface area (Å²) in [6.45, 7) is 1.76. The number of halogens is 1. The second kappa shape index (κ2) is 7.21. The first-order valence-electron chi connectivity index (χ1n) is 10.6. The summed E-state index contributed by atoms with van der Waals surface area (Å²) in [4.78, 5) is 14.6. The quantitative estimate of drug-likeness (QED) is 0.573. The zero-order chi connectivity index (χ0) is 21.7. The van der Waals surface area contributed by atoms with Crippen LogP contribution in [0, 0.1) is 5.82 Å². The number of carbonyl (C=O) groups is 1. The normalized spacial score (nSPS) is 17.6. The van der Waals surface area contributed by atoms with Crippen molar-refractivity contribution in [3.63, 3.8) is 0 Å². The van der Waals surface area contributed by atoms with Crippen LogP contribution in [-0.4, -0.2) is 37.1 Å². The molecule has 1 spiro atoms. The molecule has 0 bridgehead atoms. The zero-order valence-corrected chi connectivity index (χ0v) is 17.2. The molecule has 6 rings (SSSR count). The first kappa shape index (κ1) is 19.1. The Labute approximate surface area is 184 Å². The maximum absolute atomic E-state index is 15.1. The molecular weight excluding hydrogens is 409 g/mol. The Morgan fingerprint density at radius 1 is 0.844 bits per heavy atom. The molecular formula is C26H20FNO4. The molecule has 1 fully saturated rings. The van der Waals surface area contributed by atoms with Crippen LogP contribution in [0.4, 0.5) is 4.39 Å². The van der Waals surface area contributed by atoms with Gasteiger partial charge in [0.05, 0.1) is 18.8 Å². The Morgan fingerprint density at radius 3 is 2.03 bits per heavy atom. The van der Waals surface area contributed by atoms with Crippen LogP contribution in [0.2, 0.25) is 0 Å². The van der Waals surface area contributed by atoms with Crippen molar-refractivity contribution in [1.29, 1.82) is 0 Å². The van der Waals surface area contributed by atoms with Crippen LogP contribution in [0.25, 0.3) is 12.2 Å². The average molecular weight is 429 g/mol. The van der Waals surface area contributed by atoms with Gasteiger partial charge in [0.25, 0.3) is 5.91 Å². The molecule has 2 aliphatic heterocycles. The minimum absolute atomic E-state index is 0.0281. The number of amides is 1. The Kier molecular flexibility index (Phi) is 4.30. The molecule has 1 amide bonds. The van der Waals surface area contributed by atoms with Crippen molar-refractivity contribution in [2.24, 2.45) is 0 Å². The summed E-state index contributed by atoms with van der Waals surface area (Å²) >= 11 is 0. The number of rotatable bonds is 1. The average Bonchev–Trinajstić information content (AvgIpc) is 3.15. The second-order valence-electron chi connectivity index (χ2n) is 8.01. The fraction of sp³-hybridized carbons (Fsp3) is 0.192. The van der Waals surface area contributed by atoms with Crippen LogP contribution < -0.4 is 9.47 Å². The fourth-order valence-corrected chi connectivity index (χ4v) is 4.55. The van der Waals surface area contributed by atoms with Gasteiger partial charge < -0.3 is 19.1 Å². The van der Waals surface area contributed by atoms with Crippen molar-refractivity contribution < 1.29 is 23.4 Å². The number of nitrogens with zero attached hydrogens (tertiary/aromatic N) is 1. The summed E-state index contributed by atoms with van der Waals surface area (Å²) in [5, 5.41) is 0. The molecule has 6 heteroatoms. The van der Waals surface area contributed by atoms with E-state index in [1.165, 1.54) is 12.1 Å². The molecule has 32 heavy (non-hydrogen) atoms. The van der Waals surface area contributed by atoms with Crippen LogP contribution in [0.1, 0.15) is 32.6 Å². The first-order chi connectivity index (χ1) is 15.7. The molecule has 1 aliphatic carbocycles. The van der Waals surface area contributed by atoms with Crippen LogP contribution in [0.5, 0.6) is 11.5 Å². The molecule has 160 valence electrons. The van der Waals surface area contributed by atoms with E-state index in [-0.39, 0.29) is 17.2 Å². The lowest BCUT2D eigenvalue weighted by Gasteiger charge is -2.30. The highest BCUT2D eigenvalue weighted by Crippen LogP contribution is 2.51. The molecule has 5 nitrogen and oxygen atoms in total. The van der Waals surface area contributed by atoms with Gasteiger partial charge in [-0.3, -0.25) is 4.79 Å². The first-order valence-corrected chi connectivity index (χ1v) is 10.6. The zero-order valence-electron chi connectivity index (χ0n) is 17.2. The predicted octanol–water partition coefficient (Wildman–Crippen LogP) is 4.45. The Morgan fingerprint density at radius 2 is 1.41 bits per heavy atom. The third kappa shape index (κ3) is 2.83. The van der Waals surface area contributed by atoms with Gasteiger partial charge in [0.15, 0.2) is 11.5 Å². The number of fused-ring (bicyclic) bond motifs is 5. The predicted molar refractivity (Wildman–Crippen MR) is 117 cm³/mol. The third-order valence-corrected chi connectivity index (χ3v) is 6.14. The number of morpholine rings is 1. The largest absolute Gasteiger partial charge is 0.440 e. The summed E-state index contributed by atoms with van der Waals surface area (Å²) < 4.78 is 33.2. The van der Waals surface area contributed by atoms with Crippen molar-refractivity contribution in [2.75, 3.05) is 26.3 Å². The topological polar surface area (TPSA) is 48.0 Å². The molecule has 0 atom stereocenters. The number of hydrogen-bond acceptors (Lipinski definition) is 4. The van der Waals surface area contributed by atoms with Crippen molar-refractivity contribution in [3.05, 3.63) is 94.3 Å². The van der Waals surface area contributed by atoms with Crippen molar-refractivity contribution in [2.45, 2.75) is 5.79 Å². The smallest absolute Gasteiger partial charge is 0.306 e. The Hall–Kier alpha value is -3.64. The lowest BCUT2D eigenvalue weighted by Crippen LogP contribution is -2.41. The van der Waals surface area contributed by atoms with Gasteiger partial charge >= 0.3 is 5.79 Å². The van der Waals surface area contributed by atoms with Gasteiger partial charge in [-0.1, -0.05) is 60.7 Å². The summed E-state index contributed by atoms with van der Waals surface area (Å²) in [5.74, 6) is -1.66. The summed E-state index contributed by atoms with van der Waals surface area (Å²) in [6.07, 6.45) is 4.04. The van der Waals surface area contributed by atoms with Crippen LogP contribution in [-0.2, 0) is 10.5 Å². The lowest BCUT2D eigenvalue weighted by molar-refractivity contribution is -0.0461. The minimum Gasteiger partial charge on any atom is -0.440 e. The number of hydrogen-bond donors (Lipinski definition) is 0. The molecule has 0 N–H and O–H groups in total. The molecule has 0 radical (unpaired) electrons. The van der Waals surface area contributed by atoms with E-state index in [1.54, 1.807) is 4.90 Å². The monoisotopic (exact) mass is 429 g/mol. The SMILES string of the molecule is O=C(c1cc2c(cc1F)OC1(O2)c2ccccc2C=Cc2ccccc21)N1CCOCC1. The van der Waals surface area contributed by atoms with Gasteiger partial charge in [-0.05, 0) is 17.2 Å². The van der Waals surface area contributed by atoms with Gasteiger partial charge in [-0.2, -0.15) is 0 Å². The van der Waals surface area contributed by atoms with Crippen molar-refractivity contribution >= 4 is 18.1 Å². The summed E-state index contributed by atoms with van der Waals surface area (Å²) in [5.41, 5.74) is 3.50. The van der Waals surface area contributed by atoms with Gasteiger partial charge in [-0.25, -0.2) is 4.39 Å². The standard InChI is InChI=1S/C26H20FNO4/c27-22-16-24-23(15-19(22)25(29)28-11-13-30-14-12-28)31-26(32-24)20-7-3-1-5-17(20)9-10-18-6-2-4-8-21(18)26/h1-10,15-16H,11-14H2. The highest BCUT2D eigenvalue weighted by molar-refractivity contribution is 5.95. The van der Waals surface area contributed by atoms with Crippen LogP contribution >= 0.6 is 0 Å². The van der Waals surface area contributed by atoms with E-state index in [0.717, 1.165) is 22.3 Å². The van der Waals surface area contributed by atoms with E-state index >= 15 is 4.39 Å². The molecule has 3 aliphatic rings. The van der Waals surface area contributed by atoms with E-state index in [2.05, 4.69) is 0 Å². The van der Waals surface area contributed by atoms with Gasteiger partial charge in [0.2, 0.25) is 0 Å². The number of benzene rings is 3. The number of carbonyl (C=O) groups excluding carboxylic acids is 1. The molecule has 1 saturated heterocycles.